The molecule has 0 unspecified atom stereocenters. The van der Waals surface area contributed by atoms with Gasteiger partial charge in [0.25, 0.3) is 0 Å². The average molecular weight is 262 g/mol. The Hall–Kier alpha value is -0.460. The first-order valence-electron chi connectivity index (χ1n) is 5.35. The molecule has 1 aromatic rings. The van der Waals surface area contributed by atoms with Crippen molar-refractivity contribution in [2.45, 2.75) is 33.6 Å². The van der Waals surface area contributed by atoms with Crippen LogP contribution in [0.5, 0.6) is 0 Å². The molecule has 6 heteroatoms. The van der Waals surface area contributed by atoms with Crippen LogP contribution >= 0.6 is 11.3 Å². The number of hydrogen-bond acceptors (Lipinski definition) is 4. The number of nitrogens with zero attached hydrogens (tertiary/aromatic N) is 1. The lowest BCUT2D eigenvalue weighted by Crippen LogP contribution is -2.28. The van der Waals surface area contributed by atoms with E-state index in [2.05, 4.69) is 9.71 Å². The zero-order valence-corrected chi connectivity index (χ0v) is 11.5. The molecule has 16 heavy (non-hydrogen) atoms. The quantitative estimate of drug-likeness (QED) is 0.847. The fraction of sp³-hybridized carbons (Fsp3) is 0.700. The average Bonchev–Trinajstić information content (AvgIpc) is 2.45. The maximum Gasteiger partial charge on any atom is 0.211 e. The number of nitrogens with one attached hydrogen (secondary N) is 1. The van der Waals surface area contributed by atoms with Gasteiger partial charge in [0, 0.05) is 17.8 Å². The van der Waals surface area contributed by atoms with Crippen molar-refractivity contribution in [3.05, 3.63) is 15.6 Å². The molecule has 0 saturated carbocycles. The van der Waals surface area contributed by atoms with E-state index in [1.807, 2.05) is 20.8 Å². The number of thiazole rings is 1. The molecule has 0 aliphatic heterocycles. The van der Waals surface area contributed by atoms with E-state index in [4.69, 9.17) is 0 Å². The van der Waals surface area contributed by atoms with Gasteiger partial charge in [-0.1, -0.05) is 6.92 Å². The number of hydrogen-bond donors (Lipinski definition) is 1. The topological polar surface area (TPSA) is 59.1 Å². The second-order valence-corrected chi connectivity index (χ2v) is 6.93. The summed E-state index contributed by atoms with van der Waals surface area (Å²) in [6.07, 6.45) is 1.31. The maximum atomic E-state index is 11.4. The largest absolute Gasteiger partial charge is 0.246 e. The number of sulfonamides is 1. The zero-order chi connectivity index (χ0) is 12.2. The van der Waals surface area contributed by atoms with Gasteiger partial charge in [0.2, 0.25) is 10.0 Å². The molecule has 0 atom stereocenters. The van der Waals surface area contributed by atoms with E-state index in [9.17, 15) is 8.42 Å². The molecule has 0 bridgehead atoms. The molecule has 0 spiro atoms. The monoisotopic (exact) mass is 262 g/mol. The summed E-state index contributed by atoms with van der Waals surface area (Å²) in [5.41, 5.74) is 1.04. The Bertz CT molecular complexity index is 418. The van der Waals surface area contributed by atoms with Crippen LogP contribution < -0.4 is 4.72 Å². The summed E-state index contributed by atoms with van der Waals surface area (Å²) in [6, 6.07) is 0. The number of aromatic nitrogens is 1. The van der Waals surface area contributed by atoms with Crippen molar-refractivity contribution in [1.29, 1.82) is 0 Å². The third-order valence-electron chi connectivity index (χ3n) is 2.21. The van der Waals surface area contributed by atoms with E-state index in [0.29, 0.717) is 19.4 Å². The Morgan fingerprint density at radius 2 is 2.06 bits per heavy atom. The molecule has 92 valence electrons. The Morgan fingerprint density at radius 1 is 1.38 bits per heavy atom. The van der Waals surface area contributed by atoms with Crippen LogP contribution in [0.25, 0.3) is 0 Å². The molecule has 0 fully saturated rings. The highest BCUT2D eigenvalue weighted by Crippen LogP contribution is 2.16. The molecule has 0 aliphatic carbocycles. The molecule has 0 aliphatic rings. The van der Waals surface area contributed by atoms with Crippen LogP contribution in [-0.2, 0) is 16.4 Å². The van der Waals surface area contributed by atoms with Crippen molar-refractivity contribution in [2.75, 3.05) is 12.3 Å². The first-order chi connectivity index (χ1) is 7.44. The predicted octanol–water partition coefficient (Wildman–Crippen LogP) is 1.63. The summed E-state index contributed by atoms with van der Waals surface area (Å²) in [4.78, 5) is 5.56. The van der Waals surface area contributed by atoms with E-state index in [-0.39, 0.29) is 5.75 Å². The molecule has 0 amide bonds. The molecule has 1 heterocycles. The fourth-order valence-corrected chi connectivity index (χ4v) is 3.33. The first kappa shape index (κ1) is 13.6. The highest BCUT2D eigenvalue weighted by atomic mass is 32.2. The minimum Gasteiger partial charge on any atom is -0.246 e. The van der Waals surface area contributed by atoms with Crippen LogP contribution in [0.4, 0.5) is 0 Å². The molecular weight excluding hydrogens is 244 g/mol. The lowest BCUT2D eigenvalue weighted by Gasteiger charge is -2.03. The van der Waals surface area contributed by atoms with Gasteiger partial charge in [-0.25, -0.2) is 18.1 Å². The van der Waals surface area contributed by atoms with Crippen molar-refractivity contribution in [2.24, 2.45) is 0 Å². The second kappa shape index (κ2) is 5.75. The molecule has 0 radical (unpaired) electrons. The van der Waals surface area contributed by atoms with Gasteiger partial charge in [-0.15, -0.1) is 11.3 Å². The van der Waals surface area contributed by atoms with E-state index >= 15 is 0 Å². The summed E-state index contributed by atoms with van der Waals surface area (Å²) in [5, 5.41) is 0.995. The van der Waals surface area contributed by atoms with Crippen molar-refractivity contribution >= 4 is 21.4 Å². The third kappa shape index (κ3) is 4.19. The smallest absolute Gasteiger partial charge is 0.211 e. The third-order valence-corrected chi connectivity index (χ3v) is 4.93. The van der Waals surface area contributed by atoms with Gasteiger partial charge in [0.1, 0.15) is 0 Å². The molecule has 4 nitrogen and oxygen atoms in total. The van der Waals surface area contributed by atoms with Gasteiger partial charge in [0.05, 0.1) is 16.5 Å². The van der Waals surface area contributed by atoms with Gasteiger partial charge in [-0.2, -0.15) is 0 Å². The van der Waals surface area contributed by atoms with Crippen LogP contribution in [0.2, 0.25) is 0 Å². The highest BCUT2D eigenvalue weighted by molar-refractivity contribution is 7.89. The van der Waals surface area contributed by atoms with E-state index in [1.165, 1.54) is 4.88 Å². The Labute approximate surface area is 101 Å². The van der Waals surface area contributed by atoms with Crippen LogP contribution in [0, 0.1) is 13.8 Å². The molecule has 1 N–H and O–H groups in total. The normalized spacial score (nSPS) is 11.9. The van der Waals surface area contributed by atoms with Gasteiger partial charge >= 0.3 is 0 Å². The van der Waals surface area contributed by atoms with Crippen molar-refractivity contribution < 1.29 is 8.42 Å². The van der Waals surface area contributed by atoms with E-state index in [0.717, 1.165) is 10.7 Å². The minimum absolute atomic E-state index is 0.197. The fourth-order valence-electron chi connectivity index (χ4n) is 1.30. The standard InChI is InChI=1S/C10H18N2O2S2/c1-4-7-16(13,14)11-6-5-10-12-8(2)9(3)15-10/h11H,4-7H2,1-3H3. The van der Waals surface area contributed by atoms with Crippen LogP contribution in [0.1, 0.15) is 28.9 Å². The summed E-state index contributed by atoms with van der Waals surface area (Å²) in [5.74, 6) is 0.197. The van der Waals surface area contributed by atoms with E-state index < -0.39 is 10.0 Å². The van der Waals surface area contributed by atoms with Gasteiger partial charge in [-0.05, 0) is 20.3 Å². The van der Waals surface area contributed by atoms with Gasteiger partial charge < -0.3 is 0 Å². The highest BCUT2D eigenvalue weighted by Gasteiger charge is 2.09. The maximum absolute atomic E-state index is 11.4. The second-order valence-electron chi connectivity index (χ2n) is 3.71. The van der Waals surface area contributed by atoms with Crippen LogP contribution in [-0.4, -0.2) is 25.7 Å². The summed E-state index contributed by atoms with van der Waals surface area (Å²) in [6.45, 7) is 6.29. The molecule has 0 aromatic carbocycles. The Kier molecular flexibility index (Phi) is 4.89. The van der Waals surface area contributed by atoms with Gasteiger partial charge in [0.15, 0.2) is 0 Å². The summed E-state index contributed by atoms with van der Waals surface area (Å²) >= 11 is 1.63. The summed E-state index contributed by atoms with van der Waals surface area (Å²) < 4.78 is 25.3. The number of rotatable bonds is 6. The predicted molar refractivity (Wildman–Crippen MR) is 67.4 cm³/mol. The van der Waals surface area contributed by atoms with Crippen molar-refractivity contribution in [3.63, 3.8) is 0 Å². The Morgan fingerprint density at radius 3 is 2.56 bits per heavy atom. The first-order valence-corrected chi connectivity index (χ1v) is 7.81. The lowest BCUT2D eigenvalue weighted by atomic mass is 10.4. The lowest BCUT2D eigenvalue weighted by molar-refractivity contribution is 0.580. The summed E-state index contributed by atoms with van der Waals surface area (Å²) in [7, 11) is -3.08. The SMILES string of the molecule is CCCS(=O)(=O)NCCc1nc(C)c(C)s1. The van der Waals surface area contributed by atoms with Crippen molar-refractivity contribution in [3.8, 4) is 0 Å². The van der Waals surface area contributed by atoms with Crippen LogP contribution in [0.3, 0.4) is 0 Å². The molecule has 1 aromatic heterocycles. The Balaban J connectivity index is 2.41. The zero-order valence-electron chi connectivity index (χ0n) is 9.91. The molecule has 0 saturated heterocycles. The molecule has 1 rings (SSSR count). The minimum atomic E-state index is -3.08. The van der Waals surface area contributed by atoms with Gasteiger partial charge in [-0.3, -0.25) is 0 Å². The van der Waals surface area contributed by atoms with Crippen LogP contribution in [0.15, 0.2) is 0 Å². The van der Waals surface area contributed by atoms with Crippen molar-refractivity contribution in [1.82, 2.24) is 9.71 Å². The molecular formula is C10H18N2O2S2. The number of aryl methyl sites for hydroxylation is 2. The van der Waals surface area contributed by atoms with E-state index in [1.54, 1.807) is 11.3 Å².